The average molecular weight is 393 g/mol. The van der Waals surface area contributed by atoms with E-state index in [1.807, 2.05) is 37.3 Å². The van der Waals surface area contributed by atoms with Gasteiger partial charge in [-0.25, -0.2) is 0 Å². The third kappa shape index (κ3) is 4.43. The zero-order valence-electron chi connectivity index (χ0n) is 16.6. The molecule has 0 spiro atoms. The summed E-state index contributed by atoms with van der Waals surface area (Å²) in [6.45, 7) is 4.09. The molecule has 0 saturated carbocycles. The predicted octanol–water partition coefficient (Wildman–Crippen LogP) is 1.88. The Morgan fingerprint density at radius 2 is 1.90 bits per heavy atom. The summed E-state index contributed by atoms with van der Waals surface area (Å²) >= 11 is 0. The topological polar surface area (TPSA) is 111 Å². The van der Waals surface area contributed by atoms with Gasteiger partial charge in [-0.2, -0.15) is 5.10 Å². The largest absolute Gasteiger partial charge is 0.350 e. The number of carbonyl (C=O) groups is 2. The summed E-state index contributed by atoms with van der Waals surface area (Å²) in [5.41, 5.74) is 3.49. The van der Waals surface area contributed by atoms with Crippen molar-refractivity contribution >= 4 is 11.8 Å². The van der Waals surface area contributed by atoms with Crippen LogP contribution < -0.4 is 10.9 Å². The number of rotatable bonds is 6. The molecule has 2 amide bonds. The monoisotopic (exact) mass is 393 g/mol. The molecule has 0 bridgehead atoms. The Balaban J connectivity index is 1.60. The minimum Gasteiger partial charge on any atom is -0.350 e. The van der Waals surface area contributed by atoms with Crippen LogP contribution in [0.15, 0.2) is 47.4 Å². The number of amides is 2. The molecule has 3 N–H and O–H groups in total. The quantitative estimate of drug-likeness (QED) is 0.594. The van der Waals surface area contributed by atoms with Gasteiger partial charge in [-0.15, -0.1) is 0 Å². The molecule has 1 aromatic carbocycles. The van der Waals surface area contributed by atoms with E-state index < -0.39 is 0 Å². The van der Waals surface area contributed by atoms with Crippen molar-refractivity contribution in [3.8, 4) is 11.3 Å². The van der Waals surface area contributed by atoms with Crippen molar-refractivity contribution in [1.82, 2.24) is 25.4 Å². The fourth-order valence-electron chi connectivity index (χ4n) is 2.94. The van der Waals surface area contributed by atoms with Crippen molar-refractivity contribution in [3.63, 3.8) is 0 Å². The highest BCUT2D eigenvalue weighted by Crippen LogP contribution is 2.23. The van der Waals surface area contributed by atoms with E-state index in [1.165, 1.54) is 17.2 Å². The van der Waals surface area contributed by atoms with Crippen LogP contribution in [0.25, 0.3) is 11.3 Å². The summed E-state index contributed by atoms with van der Waals surface area (Å²) in [5.74, 6) is -0.513. The third-order valence-corrected chi connectivity index (χ3v) is 4.70. The maximum Gasteiger partial charge on any atom is 0.271 e. The smallest absolute Gasteiger partial charge is 0.271 e. The van der Waals surface area contributed by atoms with Crippen molar-refractivity contribution in [1.29, 1.82) is 0 Å². The second-order valence-corrected chi connectivity index (χ2v) is 6.82. The first-order valence-corrected chi connectivity index (χ1v) is 9.22. The second kappa shape index (κ2) is 8.55. The fraction of sp³-hybridized carbons (Fsp3) is 0.238. The maximum atomic E-state index is 12.7. The van der Waals surface area contributed by atoms with Gasteiger partial charge < -0.3 is 15.2 Å². The van der Waals surface area contributed by atoms with Crippen LogP contribution in [0.4, 0.5) is 0 Å². The van der Waals surface area contributed by atoms with Crippen LogP contribution in [0.3, 0.4) is 0 Å². The molecule has 3 rings (SSSR count). The number of hydrogen-bond acceptors (Lipinski definition) is 4. The van der Waals surface area contributed by atoms with E-state index in [0.29, 0.717) is 23.4 Å². The highest BCUT2D eigenvalue weighted by molar-refractivity contribution is 5.95. The van der Waals surface area contributed by atoms with Gasteiger partial charge in [-0.3, -0.25) is 19.5 Å². The van der Waals surface area contributed by atoms with Crippen molar-refractivity contribution in [2.75, 3.05) is 20.1 Å². The number of H-pyrrole nitrogens is 2. The van der Waals surface area contributed by atoms with Crippen LogP contribution in [0, 0.1) is 13.8 Å². The summed E-state index contributed by atoms with van der Waals surface area (Å²) < 4.78 is 0. The first-order valence-electron chi connectivity index (χ1n) is 9.22. The van der Waals surface area contributed by atoms with Crippen molar-refractivity contribution in [2.24, 2.45) is 0 Å². The van der Waals surface area contributed by atoms with Crippen LogP contribution in [0.1, 0.15) is 32.0 Å². The maximum absolute atomic E-state index is 12.7. The molecule has 0 saturated heterocycles. The van der Waals surface area contributed by atoms with Crippen LogP contribution in [-0.2, 0) is 0 Å². The lowest BCUT2D eigenvalue weighted by Crippen LogP contribution is -2.36. The van der Waals surface area contributed by atoms with Gasteiger partial charge in [0, 0.05) is 43.0 Å². The van der Waals surface area contributed by atoms with Crippen molar-refractivity contribution < 1.29 is 9.59 Å². The number of nitrogens with zero attached hydrogens (tertiary/aromatic N) is 2. The number of aromatic nitrogens is 3. The number of nitrogens with one attached hydrogen (secondary N) is 3. The fourth-order valence-corrected chi connectivity index (χ4v) is 2.94. The number of likely N-dealkylation sites (N-methyl/N-ethyl adjacent to an activating group) is 1. The van der Waals surface area contributed by atoms with Crippen LogP contribution in [0.2, 0.25) is 0 Å². The number of hydrogen-bond donors (Lipinski definition) is 3. The lowest BCUT2D eigenvalue weighted by Gasteiger charge is -2.17. The van der Waals surface area contributed by atoms with E-state index >= 15 is 0 Å². The Bertz CT molecular complexity index is 1090. The Hall–Kier alpha value is -3.68. The Labute approximate surface area is 168 Å². The summed E-state index contributed by atoms with van der Waals surface area (Å²) in [5, 5.41) is 9.86. The second-order valence-electron chi connectivity index (χ2n) is 6.82. The molecule has 150 valence electrons. The Morgan fingerprint density at radius 1 is 1.17 bits per heavy atom. The zero-order chi connectivity index (χ0) is 21.0. The van der Waals surface area contributed by atoms with E-state index in [-0.39, 0.29) is 23.9 Å². The van der Waals surface area contributed by atoms with Crippen LogP contribution >= 0.6 is 0 Å². The number of carbonyl (C=O) groups excluding carboxylic acids is 2. The lowest BCUT2D eigenvalue weighted by molar-refractivity contribution is 0.0781. The van der Waals surface area contributed by atoms with Gasteiger partial charge in [0.1, 0.15) is 5.69 Å². The van der Waals surface area contributed by atoms with Gasteiger partial charge in [0.15, 0.2) is 0 Å². The molecule has 8 nitrogen and oxygen atoms in total. The van der Waals surface area contributed by atoms with Crippen molar-refractivity contribution in [2.45, 2.75) is 13.8 Å². The first-order chi connectivity index (χ1) is 13.9. The number of aromatic amines is 2. The van der Waals surface area contributed by atoms with Crippen LogP contribution in [0.5, 0.6) is 0 Å². The van der Waals surface area contributed by atoms with Gasteiger partial charge in [-0.1, -0.05) is 30.3 Å². The highest BCUT2D eigenvalue weighted by Gasteiger charge is 2.20. The molecule has 2 aromatic heterocycles. The van der Waals surface area contributed by atoms with Crippen molar-refractivity contribution in [3.05, 3.63) is 75.3 Å². The molecule has 0 aliphatic heterocycles. The molecule has 3 aromatic rings. The molecule has 8 heteroatoms. The highest BCUT2D eigenvalue weighted by atomic mass is 16.2. The number of benzene rings is 1. The molecule has 2 heterocycles. The van der Waals surface area contributed by atoms with E-state index in [2.05, 4.69) is 20.5 Å². The van der Waals surface area contributed by atoms with Gasteiger partial charge in [0.2, 0.25) is 0 Å². The van der Waals surface area contributed by atoms with Gasteiger partial charge >= 0.3 is 0 Å². The summed E-state index contributed by atoms with van der Waals surface area (Å²) in [6.07, 6.45) is 1.37. The summed E-state index contributed by atoms with van der Waals surface area (Å²) in [6, 6.07) is 11.2. The SMILES string of the molecule is Cc1c(-c2ccccc2)n[nH]c1C(=O)N(C)CCNC(=O)c1c[nH]c(=O)c(C)c1. The zero-order valence-corrected chi connectivity index (χ0v) is 16.6. The summed E-state index contributed by atoms with van der Waals surface area (Å²) in [4.78, 5) is 40.4. The Kier molecular flexibility index (Phi) is 5.92. The lowest BCUT2D eigenvalue weighted by atomic mass is 10.1. The molecule has 0 unspecified atom stereocenters. The molecular weight excluding hydrogens is 370 g/mol. The molecule has 0 atom stereocenters. The normalized spacial score (nSPS) is 10.6. The Morgan fingerprint density at radius 3 is 2.59 bits per heavy atom. The van der Waals surface area contributed by atoms with Crippen LogP contribution in [-0.4, -0.2) is 52.0 Å². The van der Waals surface area contributed by atoms with Gasteiger partial charge in [0.25, 0.3) is 17.4 Å². The molecule has 0 aliphatic rings. The number of aryl methyl sites for hydroxylation is 1. The number of pyridine rings is 1. The van der Waals surface area contributed by atoms with E-state index in [1.54, 1.807) is 14.0 Å². The van der Waals surface area contributed by atoms with Gasteiger partial charge in [-0.05, 0) is 19.9 Å². The predicted molar refractivity (Wildman–Crippen MR) is 110 cm³/mol. The average Bonchev–Trinajstić information content (AvgIpc) is 3.11. The summed E-state index contributed by atoms with van der Waals surface area (Å²) in [7, 11) is 1.67. The van der Waals surface area contributed by atoms with E-state index in [4.69, 9.17) is 0 Å². The molecule has 0 aliphatic carbocycles. The minimum atomic E-state index is -0.311. The van der Waals surface area contributed by atoms with E-state index in [0.717, 1.165) is 16.8 Å². The standard InChI is InChI=1S/C21H23N5O3/c1-13-11-16(12-23-19(13)27)20(28)22-9-10-26(3)21(29)18-14(2)17(24-25-18)15-7-5-4-6-8-15/h4-8,11-12H,9-10H2,1-3H3,(H,22,28)(H,23,27)(H,24,25). The van der Waals surface area contributed by atoms with Gasteiger partial charge in [0.05, 0.1) is 11.3 Å². The molecular formula is C21H23N5O3. The molecule has 0 radical (unpaired) electrons. The molecule has 29 heavy (non-hydrogen) atoms. The van der Waals surface area contributed by atoms with E-state index in [9.17, 15) is 14.4 Å². The first kappa shape index (κ1) is 20.1. The minimum absolute atomic E-state index is 0.202. The third-order valence-electron chi connectivity index (χ3n) is 4.70. The molecule has 0 fully saturated rings.